The summed E-state index contributed by atoms with van der Waals surface area (Å²) in [7, 11) is 0. The number of alkyl halides is 3. The summed E-state index contributed by atoms with van der Waals surface area (Å²) in [6.07, 6.45) is -3.37. The molecule has 124 valence electrons. The first-order chi connectivity index (χ1) is 10.7. The second-order valence-electron chi connectivity index (χ2n) is 4.28. The summed E-state index contributed by atoms with van der Waals surface area (Å²) in [4.78, 5) is 15.9. The van der Waals surface area contributed by atoms with Gasteiger partial charge in [-0.05, 0) is 19.1 Å². The Hall–Kier alpha value is -2.01. The molecule has 2 aromatic rings. The molecule has 2 aromatic heterocycles. The van der Waals surface area contributed by atoms with Crippen LogP contribution in [0.5, 0.6) is 0 Å². The van der Waals surface area contributed by atoms with E-state index in [1.807, 2.05) is 0 Å². The average Bonchev–Trinajstić information content (AvgIpc) is 2.82. The molecule has 0 aromatic carbocycles. The number of nitrogens with one attached hydrogen (secondary N) is 1. The van der Waals surface area contributed by atoms with Crippen LogP contribution in [-0.2, 0) is 11.0 Å². The molecule has 0 bridgehead atoms. The van der Waals surface area contributed by atoms with E-state index in [0.717, 1.165) is 11.8 Å². The fourth-order valence-corrected chi connectivity index (χ4v) is 2.32. The van der Waals surface area contributed by atoms with Crippen molar-refractivity contribution in [3.05, 3.63) is 29.2 Å². The van der Waals surface area contributed by atoms with E-state index in [9.17, 15) is 18.0 Å². The number of halogens is 4. The van der Waals surface area contributed by atoms with Gasteiger partial charge in [0.1, 0.15) is 5.82 Å². The Morgan fingerprint density at radius 3 is 2.65 bits per heavy atom. The summed E-state index contributed by atoms with van der Waals surface area (Å²) < 4.78 is 38.0. The fourth-order valence-electron chi connectivity index (χ4n) is 1.44. The number of hydrogen-bond acceptors (Lipinski definition) is 6. The summed E-state index contributed by atoms with van der Waals surface area (Å²) in [5.41, 5.74) is 0. The van der Waals surface area contributed by atoms with Crippen molar-refractivity contribution >= 4 is 35.1 Å². The molecular weight excluding hydrogens is 357 g/mol. The maximum absolute atomic E-state index is 12.6. The van der Waals surface area contributed by atoms with Crippen LogP contribution in [0, 0.1) is 0 Å². The van der Waals surface area contributed by atoms with Crippen LogP contribution in [0.25, 0.3) is 0 Å². The topological polar surface area (TPSA) is 98.7 Å². The molecule has 0 aliphatic rings. The van der Waals surface area contributed by atoms with E-state index in [4.69, 9.17) is 17.4 Å². The van der Waals surface area contributed by atoms with Gasteiger partial charge >= 0.3 is 6.18 Å². The molecule has 7 nitrogen and oxygen atoms in total. The highest BCUT2D eigenvalue weighted by Gasteiger charge is 2.38. The first kappa shape index (κ1) is 17.3. The van der Waals surface area contributed by atoms with Crippen molar-refractivity contribution in [2.45, 2.75) is 23.5 Å². The Balaban J connectivity index is 2.04. The zero-order valence-electron chi connectivity index (χ0n) is 11.5. The minimum atomic E-state index is -4.72. The number of hydrogen-bond donors (Lipinski definition) is 2. The van der Waals surface area contributed by atoms with Crippen LogP contribution in [0.1, 0.15) is 12.7 Å². The van der Waals surface area contributed by atoms with Gasteiger partial charge in [-0.3, -0.25) is 4.79 Å². The SMILES string of the molecule is CC(Sc1nnc(C(F)(F)F)n1N)C(=O)Nc1ccc(Cl)cn1. The number of carbonyl (C=O) groups is 1. The largest absolute Gasteiger partial charge is 0.453 e. The number of carbonyl (C=O) groups excluding carboxylic acids is 1. The van der Waals surface area contributed by atoms with E-state index >= 15 is 0 Å². The molecule has 1 unspecified atom stereocenters. The van der Waals surface area contributed by atoms with Crippen LogP contribution in [0.2, 0.25) is 5.02 Å². The van der Waals surface area contributed by atoms with E-state index in [1.54, 1.807) is 0 Å². The molecule has 1 amide bonds. The predicted molar refractivity (Wildman–Crippen MR) is 78.4 cm³/mol. The molecule has 0 aliphatic heterocycles. The highest BCUT2D eigenvalue weighted by Crippen LogP contribution is 2.30. The van der Waals surface area contributed by atoms with E-state index < -0.39 is 23.2 Å². The summed E-state index contributed by atoms with van der Waals surface area (Å²) in [5.74, 6) is 3.73. The van der Waals surface area contributed by atoms with E-state index in [1.165, 1.54) is 25.3 Å². The Kier molecular flexibility index (Phi) is 5.00. The third-order valence-electron chi connectivity index (χ3n) is 2.55. The summed E-state index contributed by atoms with van der Waals surface area (Å²) >= 11 is 6.41. The van der Waals surface area contributed by atoms with Gasteiger partial charge in [0.15, 0.2) is 0 Å². The van der Waals surface area contributed by atoms with Gasteiger partial charge in [-0.1, -0.05) is 23.4 Å². The van der Waals surface area contributed by atoms with E-state index in [-0.39, 0.29) is 11.0 Å². The second-order valence-corrected chi connectivity index (χ2v) is 6.03. The first-order valence-electron chi connectivity index (χ1n) is 6.05. The van der Waals surface area contributed by atoms with Crippen molar-refractivity contribution in [3.63, 3.8) is 0 Å². The van der Waals surface area contributed by atoms with Crippen LogP contribution < -0.4 is 11.2 Å². The lowest BCUT2D eigenvalue weighted by Crippen LogP contribution is -2.25. The molecule has 2 rings (SSSR count). The number of nitrogen functional groups attached to an aromatic ring is 1. The van der Waals surface area contributed by atoms with Crippen molar-refractivity contribution < 1.29 is 18.0 Å². The number of rotatable bonds is 4. The van der Waals surface area contributed by atoms with E-state index in [2.05, 4.69) is 20.5 Å². The van der Waals surface area contributed by atoms with Gasteiger partial charge in [0.05, 0.1) is 10.3 Å². The molecule has 0 saturated carbocycles. The quantitative estimate of drug-likeness (QED) is 0.635. The Morgan fingerprint density at radius 2 is 2.13 bits per heavy atom. The molecule has 0 fully saturated rings. The van der Waals surface area contributed by atoms with Crippen molar-refractivity contribution in [2.75, 3.05) is 11.2 Å². The first-order valence-corrected chi connectivity index (χ1v) is 7.31. The van der Waals surface area contributed by atoms with Crippen LogP contribution >= 0.6 is 23.4 Å². The van der Waals surface area contributed by atoms with Gasteiger partial charge in [-0.25, -0.2) is 9.66 Å². The maximum atomic E-state index is 12.6. The number of nitrogens with two attached hydrogens (primary N) is 1. The molecule has 2 heterocycles. The van der Waals surface area contributed by atoms with Gasteiger partial charge in [-0.2, -0.15) is 13.2 Å². The van der Waals surface area contributed by atoms with E-state index in [0.29, 0.717) is 9.70 Å². The third kappa shape index (κ3) is 4.26. The average molecular weight is 367 g/mol. The zero-order chi connectivity index (χ0) is 17.2. The Morgan fingerprint density at radius 1 is 1.43 bits per heavy atom. The van der Waals surface area contributed by atoms with Crippen LogP contribution in [0.15, 0.2) is 23.5 Å². The smallest absolute Gasteiger partial charge is 0.335 e. The molecule has 0 aliphatic carbocycles. The van der Waals surface area contributed by atoms with Crippen LogP contribution in [-0.4, -0.2) is 31.0 Å². The number of nitrogens with zero attached hydrogens (tertiary/aromatic N) is 4. The number of amides is 1. The van der Waals surface area contributed by atoms with Gasteiger partial charge in [0.25, 0.3) is 5.82 Å². The van der Waals surface area contributed by atoms with Gasteiger partial charge < -0.3 is 11.2 Å². The van der Waals surface area contributed by atoms with Crippen molar-refractivity contribution in [3.8, 4) is 0 Å². The lowest BCUT2D eigenvalue weighted by Gasteiger charge is -2.11. The number of aromatic nitrogens is 4. The third-order valence-corrected chi connectivity index (χ3v) is 3.83. The Labute approximate surface area is 137 Å². The molecular formula is C11H10ClF3N6OS. The summed E-state index contributed by atoms with van der Waals surface area (Å²) in [6.45, 7) is 1.48. The lowest BCUT2D eigenvalue weighted by atomic mass is 10.4. The second kappa shape index (κ2) is 6.62. The maximum Gasteiger partial charge on any atom is 0.453 e. The molecule has 0 saturated heterocycles. The molecule has 12 heteroatoms. The molecule has 1 atom stereocenters. The normalized spacial score (nSPS) is 12.9. The minimum Gasteiger partial charge on any atom is -0.335 e. The highest BCUT2D eigenvalue weighted by molar-refractivity contribution is 8.00. The van der Waals surface area contributed by atoms with Gasteiger partial charge in [-0.15, -0.1) is 10.2 Å². The molecule has 0 spiro atoms. The lowest BCUT2D eigenvalue weighted by molar-refractivity contribution is -0.146. The van der Waals surface area contributed by atoms with Gasteiger partial charge in [0.2, 0.25) is 11.1 Å². The number of thioether (sulfide) groups is 1. The standard InChI is InChI=1S/C11H10ClF3N6OS/c1-5(8(22)18-7-3-2-6(12)4-17-7)23-10-20-19-9(21(10)16)11(13,14)15/h2-5H,16H2,1H3,(H,17,18,22). The Bertz CT molecular complexity index is 705. The van der Waals surface area contributed by atoms with Crippen LogP contribution in [0.3, 0.4) is 0 Å². The number of pyridine rings is 1. The molecule has 23 heavy (non-hydrogen) atoms. The van der Waals surface area contributed by atoms with Crippen molar-refractivity contribution in [1.82, 2.24) is 19.9 Å². The summed E-state index contributed by atoms with van der Waals surface area (Å²) in [6, 6.07) is 3.03. The number of anilines is 1. The van der Waals surface area contributed by atoms with Crippen molar-refractivity contribution in [1.29, 1.82) is 0 Å². The molecule has 3 N–H and O–H groups in total. The van der Waals surface area contributed by atoms with Gasteiger partial charge in [0, 0.05) is 6.20 Å². The monoisotopic (exact) mass is 366 g/mol. The molecule has 0 radical (unpaired) electrons. The van der Waals surface area contributed by atoms with Crippen LogP contribution in [0.4, 0.5) is 19.0 Å². The fraction of sp³-hybridized carbons (Fsp3) is 0.273. The van der Waals surface area contributed by atoms with Crippen molar-refractivity contribution in [2.24, 2.45) is 0 Å². The zero-order valence-corrected chi connectivity index (χ0v) is 13.1. The predicted octanol–water partition coefficient (Wildman–Crippen LogP) is 2.18. The summed E-state index contributed by atoms with van der Waals surface area (Å²) in [5, 5.41) is 8.21. The minimum absolute atomic E-state index is 0.232. The highest BCUT2D eigenvalue weighted by atomic mass is 35.5.